The van der Waals surface area contributed by atoms with Crippen LogP contribution in [0.2, 0.25) is 0 Å². The van der Waals surface area contributed by atoms with E-state index in [0.29, 0.717) is 18.8 Å². The number of benzene rings is 1. The zero-order chi connectivity index (χ0) is 14.5. The highest BCUT2D eigenvalue weighted by atomic mass is 19.1. The molecule has 1 aromatic heterocycles. The molecule has 7 heteroatoms. The van der Waals surface area contributed by atoms with Crippen LogP contribution in [0.25, 0.3) is 0 Å². The Morgan fingerprint density at radius 1 is 1.35 bits per heavy atom. The molecule has 2 aromatic rings. The lowest BCUT2D eigenvalue weighted by molar-refractivity contribution is 0.0690. The fourth-order valence-corrected chi connectivity index (χ4v) is 1.83. The minimum absolute atomic E-state index is 0.0666. The molecular formula is C13H14FN3O3. The summed E-state index contributed by atoms with van der Waals surface area (Å²) in [7, 11) is 0. The first-order valence-corrected chi connectivity index (χ1v) is 5.99. The monoisotopic (exact) mass is 279 g/mol. The molecule has 0 aliphatic carbocycles. The smallest absolute Gasteiger partial charge is 0.356 e. The van der Waals surface area contributed by atoms with Gasteiger partial charge in [-0.15, -0.1) is 0 Å². The topological polar surface area (TPSA) is 89.5 Å². The van der Waals surface area contributed by atoms with Gasteiger partial charge in [-0.05, 0) is 30.3 Å². The normalized spacial score (nSPS) is 10.5. The predicted octanol–water partition coefficient (Wildman–Crippen LogP) is 1.25. The van der Waals surface area contributed by atoms with Gasteiger partial charge in [-0.2, -0.15) is 5.10 Å². The van der Waals surface area contributed by atoms with E-state index in [9.17, 15) is 9.18 Å². The van der Waals surface area contributed by atoms with Crippen LogP contribution in [0, 0.1) is 5.82 Å². The number of aliphatic hydroxyl groups is 1. The van der Waals surface area contributed by atoms with Gasteiger partial charge in [0.15, 0.2) is 5.69 Å². The summed E-state index contributed by atoms with van der Waals surface area (Å²) in [5.74, 6) is -1.45. The highest BCUT2D eigenvalue weighted by Crippen LogP contribution is 2.17. The lowest BCUT2D eigenvalue weighted by atomic mass is 10.2. The molecule has 0 aliphatic heterocycles. The van der Waals surface area contributed by atoms with Gasteiger partial charge in [0.05, 0.1) is 18.8 Å². The Morgan fingerprint density at radius 2 is 2.05 bits per heavy atom. The number of nitrogens with one attached hydrogen (secondary N) is 1. The third kappa shape index (κ3) is 3.33. The Hall–Kier alpha value is -2.41. The fraction of sp³-hybridized carbons (Fsp3) is 0.231. The number of H-pyrrole nitrogens is 1. The summed E-state index contributed by atoms with van der Waals surface area (Å²) in [6, 6.07) is 7.28. The SMILES string of the molecule is O=C(O)c1cc(CN(CCO)c2ccc(F)cc2)[nH]n1. The number of rotatable bonds is 6. The van der Waals surface area contributed by atoms with Crippen LogP contribution in [-0.2, 0) is 6.54 Å². The Balaban J connectivity index is 2.16. The molecule has 0 radical (unpaired) electrons. The van der Waals surface area contributed by atoms with Crippen LogP contribution in [0.15, 0.2) is 30.3 Å². The minimum Gasteiger partial charge on any atom is -0.476 e. The number of aliphatic hydroxyl groups excluding tert-OH is 1. The molecule has 0 unspecified atom stereocenters. The largest absolute Gasteiger partial charge is 0.476 e. The van der Waals surface area contributed by atoms with E-state index in [1.54, 1.807) is 17.0 Å². The number of carboxylic acids is 1. The van der Waals surface area contributed by atoms with Crippen molar-refractivity contribution in [3.63, 3.8) is 0 Å². The number of anilines is 1. The van der Waals surface area contributed by atoms with Crippen LogP contribution in [0.1, 0.15) is 16.2 Å². The molecule has 0 bridgehead atoms. The average Bonchev–Trinajstić information content (AvgIpc) is 2.88. The summed E-state index contributed by atoms with van der Waals surface area (Å²) < 4.78 is 12.9. The van der Waals surface area contributed by atoms with Crippen LogP contribution in [0.5, 0.6) is 0 Å². The van der Waals surface area contributed by atoms with Gasteiger partial charge in [0.1, 0.15) is 5.82 Å². The van der Waals surface area contributed by atoms with E-state index in [-0.39, 0.29) is 18.1 Å². The Morgan fingerprint density at radius 3 is 2.60 bits per heavy atom. The number of carboxylic acid groups (broad SMARTS) is 1. The Bertz CT molecular complexity index is 583. The average molecular weight is 279 g/mol. The highest BCUT2D eigenvalue weighted by Gasteiger charge is 2.12. The second-order valence-corrected chi connectivity index (χ2v) is 4.21. The van der Waals surface area contributed by atoms with Gasteiger partial charge in [-0.3, -0.25) is 5.10 Å². The van der Waals surface area contributed by atoms with Gasteiger partial charge >= 0.3 is 5.97 Å². The van der Waals surface area contributed by atoms with Crippen LogP contribution < -0.4 is 4.90 Å². The third-order valence-corrected chi connectivity index (χ3v) is 2.77. The lowest BCUT2D eigenvalue weighted by Crippen LogP contribution is -2.26. The van der Waals surface area contributed by atoms with Crippen molar-refractivity contribution in [3.05, 3.63) is 47.5 Å². The standard InChI is InChI=1S/C13H14FN3O3/c14-9-1-3-11(4-2-9)17(5-6-18)8-10-7-12(13(19)20)16-15-10/h1-4,7,18H,5-6,8H2,(H,15,16)(H,19,20). The van der Waals surface area contributed by atoms with Gasteiger partial charge < -0.3 is 15.1 Å². The maximum atomic E-state index is 12.9. The summed E-state index contributed by atoms with van der Waals surface area (Å²) in [4.78, 5) is 12.5. The van der Waals surface area contributed by atoms with E-state index in [1.807, 2.05) is 0 Å². The van der Waals surface area contributed by atoms with Crippen molar-refractivity contribution >= 4 is 11.7 Å². The van der Waals surface area contributed by atoms with Crippen molar-refractivity contribution in [2.24, 2.45) is 0 Å². The summed E-state index contributed by atoms with van der Waals surface area (Å²) in [5.41, 5.74) is 1.26. The van der Waals surface area contributed by atoms with Gasteiger partial charge in [-0.25, -0.2) is 9.18 Å². The predicted molar refractivity (Wildman–Crippen MR) is 70.1 cm³/mol. The lowest BCUT2D eigenvalue weighted by Gasteiger charge is -2.23. The molecule has 20 heavy (non-hydrogen) atoms. The van der Waals surface area contributed by atoms with Crippen LogP contribution in [0.4, 0.5) is 10.1 Å². The molecule has 0 fully saturated rings. The van der Waals surface area contributed by atoms with E-state index < -0.39 is 5.97 Å². The molecule has 2 rings (SSSR count). The molecular weight excluding hydrogens is 265 g/mol. The molecule has 0 amide bonds. The number of nitrogens with zero attached hydrogens (tertiary/aromatic N) is 2. The first kappa shape index (κ1) is 14.0. The van der Waals surface area contributed by atoms with Crippen molar-refractivity contribution in [3.8, 4) is 0 Å². The van der Waals surface area contributed by atoms with Crippen molar-refractivity contribution in [2.75, 3.05) is 18.1 Å². The summed E-state index contributed by atoms with van der Waals surface area (Å²) in [6.07, 6.45) is 0. The van der Waals surface area contributed by atoms with Crippen molar-refractivity contribution in [1.82, 2.24) is 10.2 Å². The van der Waals surface area contributed by atoms with Gasteiger partial charge in [0.25, 0.3) is 0 Å². The van der Waals surface area contributed by atoms with Crippen LogP contribution in [-0.4, -0.2) is 39.5 Å². The Labute approximate surface area is 114 Å². The zero-order valence-electron chi connectivity index (χ0n) is 10.6. The molecule has 106 valence electrons. The van der Waals surface area contributed by atoms with Gasteiger partial charge in [-0.1, -0.05) is 0 Å². The van der Waals surface area contributed by atoms with E-state index >= 15 is 0 Å². The highest BCUT2D eigenvalue weighted by molar-refractivity contribution is 5.85. The maximum absolute atomic E-state index is 12.9. The number of hydrogen-bond donors (Lipinski definition) is 3. The maximum Gasteiger partial charge on any atom is 0.356 e. The number of halogens is 1. The molecule has 1 heterocycles. The van der Waals surface area contributed by atoms with Crippen LogP contribution in [0.3, 0.4) is 0 Å². The number of aromatic nitrogens is 2. The molecule has 0 atom stereocenters. The molecule has 1 aromatic carbocycles. The number of carbonyl (C=O) groups is 1. The molecule has 0 saturated heterocycles. The van der Waals surface area contributed by atoms with E-state index in [0.717, 1.165) is 5.69 Å². The first-order chi connectivity index (χ1) is 9.60. The molecule has 3 N–H and O–H groups in total. The quantitative estimate of drug-likeness (QED) is 0.740. The molecule has 0 saturated carbocycles. The van der Waals surface area contributed by atoms with Crippen molar-refractivity contribution in [2.45, 2.75) is 6.54 Å². The molecule has 0 spiro atoms. The summed E-state index contributed by atoms with van der Waals surface area (Å²) in [5, 5.41) is 24.2. The molecule has 6 nitrogen and oxygen atoms in total. The van der Waals surface area contributed by atoms with E-state index in [4.69, 9.17) is 10.2 Å². The minimum atomic E-state index is -1.11. The van der Waals surface area contributed by atoms with Crippen molar-refractivity contribution < 1.29 is 19.4 Å². The van der Waals surface area contributed by atoms with E-state index in [1.165, 1.54) is 18.2 Å². The molecule has 0 aliphatic rings. The number of aromatic amines is 1. The summed E-state index contributed by atoms with van der Waals surface area (Å²) >= 11 is 0. The van der Waals surface area contributed by atoms with Crippen molar-refractivity contribution in [1.29, 1.82) is 0 Å². The summed E-state index contributed by atoms with van der Waals surface area (Å²) in [6.45, 7) is 0.608. The number of aromatic carboxylic acids is 1. The van der Waals surface area contributed by atoms with Gasteiger partial charge in [0, 0.05) is 12.2 Å². The second-order valence-electron chi connectivity index (χ2n) is 4.21. The zero-order valence-corrected chi connectivity index (χ0v) is 10.6. The number of hydrogen-bond acceptors (Lipinski definition) is 4. The van der Waals surface area contributed by atoms with E-state index in [2.05, 4.69) is 10.2 Å². The van der Waals surface area contributed by atoms with Gasteiger partial charge in [0.2, 0.25) is 0 Å². The Kier molecular flexibility index (Phi) is 4.31. The fourth-order valence-electron chi connectivity index (χ4n) is 1.83. The second kappa shape index (κ2) is 6.16. The van der Waals surface area contributed by atoms with Crippen LogP contribution >= 0.6 is 0 Å². The third-order valence-electron chi connectivity index (χ3n) is 2.77. The first-order valence-electron chi connectivity index (χ1n) is 5.99.